The number of nitrogens with one attached hydrogen (secondary N) is 1. The summed E-state index contributed by atoms with van der Waals surface area (Å²) in [5, 5.41) is 11.7. The summed E-state index contributed by atoms with van der Waals surface area (Å²) in [6.45, 7) is 6.58. The maximum atomic E-state index is 13.0. The minimum Gasteiger partial charge on any atom is -0.394 e. The molecule has 2 aromatic heterocycles. The molecule has 2 saturated heterocycles. The summed E-state index contributed by atoms with van der Waals surface area (Å²) in [4.78, 5) is 17.5. The second kappa shape index (κ2) is 8.55. The van der Waals surface area contributed by atoms with Crippen molar-refractivity contribution in [2.24, 2.45) is 12.5 Å². The van der Waals surface area contributed by atoms with Crippen molar-refractivity contribution in [1.29, 1.82) is 0 Å². The van der Waals surface area contributed by atoms with Gasteiger partial charge < -0.3 is 10.6 Å². The molecule has 0 bridgehead atoms. The lowest BCUT2D eigenvalue weighted by atomic mass is 9.79. The number of benzene rings is 1. The van der Waals surface area contributed by atoms with Crippen LogP contribution in [0.2, 0.25) is 0 Å². The summed E-state index contributed by atoms with van der Waals surface area (Å²) >= 11 is 0. The third-order valence-corrected chi connectivity index (χ3v) is 6.90. The number of nitrogens with zero attached hydrogens (tertiary/aromatic N) is 6. The van der Waals surface area contributed by atoms with Crippen LogP contribution in [0.1, 0.15) is 30.4 Å². The zero-order valence-electron chi connectivity index (χ0n) is 19.4. The number of nitrogen functional groups attached to an aromatic ring is 1. The molecule has 2 amide bonds. The van der Waals surface area contributed by atoms with E-state index in [-0.39, 0.29) is 11.4 Å². The maximum Gasteiger partial charge on any atom is 0.323 e. The molecular formula is C24H32N8O. The highest BCUT2D eigenvalue weighted by Crippen LogP contribution is 2.39. The normalized spacial score (nSPS) is 21.1. The fourth-order valence-electron chi connectivity index (χ4n) is 5.19. The lowest BCUT2D eigenvalue weighted by Gasteiger charge is -2.40. The third-order valence-electron chi connectivity index (χ3n) is 6.90. The Morgan fingerprint density at radius 2 is 1.97 bits per heavy atom. The Balaban J connectivity index is 1.21. The fraction of sp³-hybridized carbons (Fsp3) is 0.458. The molecule has 5 rings (SSSR count). The van der Waals surface area contributed by atoms with Crippen LogP contribution in [-0.4, -0.2) is 61.6 Å². The Bertz CT molecular complexity index is 1130. The maximum absolute atomic E-state index is 13.0. The summed E-state index contributed by atoms with van der Waals surface area (Å²) in [6.07, 6.45) is 9.10. The van der Waals surface area contributed by atoms with Crippen LogP contribution in [0.3, 0.4) is 0 Å². The SMILES string of the molecule is Cc1ccc(-n2cc(N)c(NC(=O)N3CCC4(CCCN(Cc5cnn(C)c5)C4)C3)n2)cc1. The van der Waals surface area contributed by atoms with Gasteiger partial charge in [-0.1, -0.05) is 17.7 Å². The number of piperidine rings is 1. The molecule has 9 nitrogen and oxygen atoms in total. The van der Waals surface area contributed by atoms with Crippen molar-refractivity contribution in [3.8, 4) is 5.69 Å². The number of carbonyl (C=O) groups is 1. The predicted molar refractivity (Wildman–Crippen MR) is 128 cm³/mol. The smallest absolute Gasteiger partial charge is 0.323 e. The molecule has 2 aliphatic rings. The number of urea groups is 1. The molecule has 3 aromatic rings. The second-order valence-corrected chi connectivity index (χ2v) is 9.65. The predicted octanol–water partition coefficient (Wildman–Crippen LogP) is 3.02. The molecule has 1 atom stereocenters. The average Bonchev–Trinajstić information content (AvgIpc) is 3.49. The summed E-state index contributed by atoms with van der Waals surface area (Å²) in [5.74, 6) is 0.406. The Morgan fingerprint density at radius 3 is 2.73 bits per heavy atom. The van der Waals surface area contributed by atoms with E-state index in [2.05, 4.69) is 26.6 Å². The number of nitrogens with two attached hydrogens (primary N) is 1. The molecule has 1 aromatic carbocycles. The van der Waals surface area contributed by atoms with Crippen molar-refractivity contribution in [1.82, 2.24) is 29.4 Å². The van der Waals surface area contributed by atoms with Crippen LogP contribution in [-0.2, 0) is 13.6 Å². The van der Waals surface area contributed by atoms with E-state index in [9.17, 15) is 4.79 Å². The highest BCUT2D eigenvalue weighted by atomic mass is 16.2. The van der Waals surface area contributed by atoms with Crippen molar-refractivity contribution in [2.45, 2.75) is 32.7 Å². The molecule has 0 saturated carbocycles. The van der Waals surface area contributed by atoms with E-state index in [1.807, 2.05) is 54.0 Å². The zero-order chi connectivity index (χ0) is 23.0. The molecule has 2 fully saturated rings. The van der Waals surface area contributed by atoms with E-state index < -0.39 is 0 Å². The molecule has 33 heavy (non-hydrogen) atoms. The largest absolute Gasteiger partial charge is 0.394 e. The van der Waals surface area contributed by atoms with Crippen LogP contribution in [0.5, 0.6) is 0 Å². The van der Waals surface area contributed by atoms with E-state index in [0.29, 0.717) is 11.5 Å². The van der Waals surface area contributed by atoms with Crippen molar-refractivity contribution in [2.75, 3.05) is 37.2 Å². The third kappa shape index (κ3) is 4.59. The first kappa shape index (κ1) is 21.5. The summed E-state index contributed by atoms with van der Waals surface area (Å²) in [7, 11) is 1.95. The molecule has 4 heterocycles. The Labute approximate surface area is 194 Å². The van der Waals surface area contributed by atoms with E-state index in [1.165, 1.54) is 11.1 Å². The Kier molecular flexibility index (Phi) is 5.57. The molecule has 1 unspecified atom stereocenters. The number of hydrogen-bond donors (Lipinski definition) is 2. The van der Waals surface area contributed by atoms with E-state index in [0.717, 1.165) is 57.7 Å². The van der Waals surface area contributed by atoms with Gasteiger partial charge in [-0.05, 0) is 44.9 Å². The van der Waals surface area contributed by atoms with Crippen molar-refractivity contribution in [3.05, 3.63) is 54.0 Å². The summed E-state index contributed by atoms with van der Waals surface area (Å²) in [5.41, 5.74) is 10.1. The number of aryl methyl sites for hydroxylation is 2. The highest BCUT2D eigenvalue weighted by Gasteiger charge is 2.43. The highest BCUT2D eigenvalue weighted by molar-refractivity contribution is 5.91. The molecule has 0 radical (unpaired) electrons. The van der Waals surface area contributed by atoms with Gasteiger partial charge in [-0.25, -0.2) is 9.48 Å². The van der Waals surface area contributed by atoms with Crippen LogP contribution in [0.15, 0.2) is 42.9 Å². The van der Waals surface area contributed by atoms with Gasteiger partial charge in [-0.2, -0.15) is 5.10 Å². The van der Waals surface area contributed by atoms with Gasteiger partial charge in [0.15, 0.2) is 5.82 Å². The summed E-state index contributed by atoms with van der Waals surface area (Å²) in [6, 6.07) is 7.89. The van der Waals surface area contributed by atoms with Gasteiger partial charge in [0, 0.05) is 50.4 Å². The Morgan fingerprint density at radius 1 is 1.15 bits per heavy atom. The molecule has 0 aliphatic carbocycles. The molecule has 174 valence electrons. The first-order valence-corrected chi connectivity index (χ1v) is 11.6. The lowest BCUT2D eigenvalue weighted by Crippen LogP contribution is -2.45. The molecular weight excluding hydrogens is 416 g/mol. The van der Waals surface area contributed by atoms with Gasteiger partial charge in [0.2, 0.25) is 0 Å². The topological polar surface area (TPSA) is 97.2 Å². The van der Waals surface area contributed by atoms with Crippen LogP contribution < -0.4 is 11.1 Å². The average molecular weight is 449 g/mol. The number of hydrogen-bond acceptors (Lipinski definition) is 5. The van der Waals surface area contributed by atoms with E-state index in [1.54, 1.807) is 10.9 Å². The zero-order valence-corrected chi connectivity index (χ0v) is 19.4. The number of rotatable bonds is 4. The van der Waals surface area contributed by atoms with Crippen LogP contribution in [0, 0.1) is 12.3 Å². The monoisotopic (exact) mass is 448 g/mol. The molecule has 9 heteroatoms. The molecule has 1 spiro atoms. The van der Waals surface area contributed by atoms with Gasteiger partial charge >= 0.3 is 6.03 Å². The van der Waals surface area contributed by atoms with Crippen molar-refractivity contribution >= 4 is 17.5 Å². The van der Waals surface area contributed by atoms with Gasteiger partial charge in [0.05, 0.1) is 23.8 Å². The number of aromatic nitrogens is 4. The lowest BCUT2D eigenvalue weighted by molar-refractivity contribution is 0.0905. The number of amides is 2. The number of anilines is 2. The molecule has 2 aliphatic heterocycles. The quantitative estimate of drug-likeness (QED) is 0.640. The van der Waals surface area contributed by atoms with Gasteiger partial charge in [0.25, 0.3) is 0 Å². The number of likely N-dealkylation sites (tertiary alicyclic amines) is 2. The minimum absolute atomic E-state index is 0.128. The standard InChI is InChI=1S/C24H32N8O/c1-18-4-6-20(7-5-18)32-15-21(25)22(28-32)27-23(33)31-11-9-24(17-31)8-3-10-30(16-24)14-19-12-26-29(2)13-19/h4-7,12-13,15H,3,8-11,14,16-17,25H2,1-2H3,(H,27,28,33). The van der Waals surface area contributed by atoms with Crippen LogP contribution >= 0.6 is 0 Å². The number of carbonyl (C=O) groups excluding carboxylic acids is 1. The van der Waals surface area contributed by atoms with Crippen LogP contribution in [0.25, 0.3) is 5.69 Å². The van der Waals surface area contributed by atoms with Crippen LogP contribution in [0.4, 0.5) is 16.3 Å². The van der Waals surface area contributed by atoms with Gasteiger partial charge in [-0.3, -0.25) is 14.9 Å². The molecule has 3 N–H and O–H groups in total. The first-order chi connectivity index (χ1) is 15.9. The van der Waals surface area contributed by atoms with E-state index in [4.69, 9.17) is 5.73 Å². The van der Waals surface area contributed by atoms with Gasteiger partial charge in [-0.15, -0.1) is 5.10 Å². The Hall–Kier alpha value is -3.33. The second-order valence-electron chi connectivity index (χ2n) is 9.65. The van der Waals surface area contributed by atoms with Crippen molar-refractivity contribution < 1.29 is 4.79 Å². The van der Waals surface area contributed by atoms with E-state index >= 15 is 0 Å². The van der Waals surface area contributed by atoms with Gasteiger partial charge in [0.1, 0.15) is 0 Å². The fourth-order valence-corrected chi connectivity index (χ4v) is 5.19. The summed E-state index contributed by atoms with van der Waals surface area (Å²) < 4.78 is 3.55. The minimum atomic E-state index is -0.128. The first-order valence-electron chi connectivity index (χ1n) is 11.6. The van der Waals surface area contributed by atoms with Crippen molar-refractivity contribution in [3.63, 3.8) is 0 Å².